The third kappa shape index (κ3) is 2.16. The van der Waals surface area contributed by atoms with Crippen molar-refractivity contribution in [3.8, 4) is 0 Å². The Morgan fingerprint density at radius 3 is 2.80 bits per heavy atom. The first-order valence-electron chi connectivity index (χ1n) is 7.99. The molecule has 1 saturated carbocycles. The van der Waals surface area contributed by atoms with Crippen molar-refractivity contribution in [2.45, 2.75) is 55.4 Å². The van der Waals surface area contributed by atoms with Gasteiger partial charge in [0, 0.05) is 0 Å². The number of benzene rings is 1. The summed E-state index contributed by atoms with van der Waals surface area (Å²) in [5.74, 6) is 0.828. The molecule has 0 bridgehead atoms. The van der Waals surface area contributed by atoms with Crippen molar-refractivity contribution in [1.82, 2.24) is 5.06 Å². The molecule has 2 aliphatic heterocycles. The molecule has 20 heavy (non-hydrogen) atoms. The van der Waals surface area contributed by atoms with Crippen molar-refractivity contribution in [2.24, 2.45) is 5.92 Å². The zero-order valence-corrected chi connectivity index (χ0v) is 13.7. The van der Waals surface area contributed by atoms with E-state index in [-0.39, 0.29) is 0 Å². The van der Waals surface area contributed by atoms with E-state index in [2.05, 4.69) is 35.4 Å². The summed E-state index contributed by atoms with van der Waals surface area (Å²) in [6.45, 7) is 0.995. The molecule has 3 atom stereocenters. The van der Waals surface area contributed by atoms with Gasteiger partial charge in [0.1, 0.15) is 0 Å². The van der Waals surface area contributed by atoms with E-state index >= 15 is 0 Å². The van der Waals surface area contributed by atoms with Crippen LogP contribution in [0.5, 0.6) is 0 Å². The summed E-state index contributed by atoms with van der Waals surface area (Å²) < 4.78 is 1.53. The first-order chi connectivity index (χ1) is 9.88. The van der Waals surface area contributed by atoms with Gasteiger partial charge in [0.2, 0.25) is 0 Å². The third-order valence-electron chi connectivity index (χ3n) is 5.44. The van der Waals surface area contributed by atoms with E-state index < -0.39 is 0 Å². The molecule has 2 heterocycles. The maximum absolute atomic E-state index is 6.16. The number of hydrogen-bond acceptors (Lipinski definition) is 2. The molecule has 108 valence electrons. The molecule has 4 rings (SSSR count). The van der Waals surface area contributed by atoms with Crippen molar-refractivity contribution in [2.75, 3.05) is 6.61 Å². The topological polar surface area (TPSA) is 12.5 Å². The van der Waals surface area contributed by atoms with Crippen LogP contribution in [0.4, 0.5) is 0 Å². The fraction of sp³-hybridized carbons (Fsp3) is 0.647. The van der Waals surface area contributed by atoms with Gasteiger partial charge in [-0.25, -0.2) is 0 Å². The Hall–Kier alpha value is -0.341. The Morgan fingerprint density at radius 1 is 1.15 bits per heavy atom. The molecule has 2 nitrogen and oxygen atoms in total. The van der Waals surface area contributed by atoms with Crippen LogP contribution >= 0.6 is 0 Å². The van der Waals surface area contributed by atoms with Gasteiger partial charge in [-0.1, -0.05) is 0 Å². The second-order valence-corrected chi connectivity index (χ2v) is 8.78. The van der Waals surface area contributed by atoms with Crippen LogP contribution < -0.4 is 4.46 Å². The van der Waals surface area contributed by atoms with Gasteiger partial charge in [0.05, 0.1) is 0 Å². The fourth-order valence-electron chi connectivity index (χ4n) is 4.48. The first kappa shape index (κ1) is 13.3. The van der Waals surface area contributed by atoms with E-state index in [9.17, 15) is 0 Å². The summed E-state index contributed by atoms with van der Waals surface area (Å²) in [7, 11) is 0. The van der Waals surface area contributed by atoms with Gasteiger partial charge in [0.15, 0.2) is 0 Å². The van der Waals surface area contributed by atoms with Crippen LogP contribution in [0.1, 0.15) is 38.5 Å². The molecule has 3 aliphatic rings. The number of nitrogens with zero attached hydrogens (tertiary/aromatic N) is 1. The van der Waals surface area contributed by atoms with E-state index in [1.807, 2.05) is 0 Å². The minimum atomic E-state index is 0.440. The number of piperidine rings is 1. The van der Waals surface area contributed by atoms with Crippen molar-refractivity contribution < 1.29 is 4.84 Å². The van der Waals surface area contributed by atoms with Crippen molar-refractivity contribution in [3.63, 3.8) is 0 Å². The predicted molar refractivity (Wildman–Crippen MR) is 82.1 cm³/mol. The van der Waals surface area contributed by atoms with E-state index in [0.717, 1.165) is 12.5 Å². The average molecular weight is 336 g/mol. The second-order valence-electron chi connectivity index (χ2n) is 6.48. The van der Waals surface area contributed by atoms with Crippen molar-refractivity contribution >= 4 is 19.4 Å². The standard InChI is InChI=1S/C17H23NOSe/c1-2-8-16(9-3-1)20-13-15-7-5-11-17-10-4-6-14(17)12-19-18(15)17/h1-3,8-9,14-15H,4-7,10-13H2/t14-,15+,17+/m1/s1. The van der Waals surface area contributed by atoms with Crippen LogP contribution in [-0.4, -0.2) is 38.2 Å². The zero-order chi connectivity index (χ0) is 13.4. The summed E-state index contributed by atoms with van der Waals surface area (Å²) in [5.41, 5.74) is 0.440. The van der Waals surface area contributed by atoms with E-state index in [4.69, 9.17) is 4.84 Å². The Bertz CT molecular complexity index is 465. The van der Waals surface area contributed by atoms with Gasteiger partial charge in [-0.2, -0.15) is 0 Å². The average Bonchev–Trinajstić information content (AvgIpc) is 3.03. The minimum absolute atomic E-state index is 0.440. The molecule has 0 unspecified atom stereocenters. The molecule has 2 saturated heterocycles. The van der Waals surface area contributed by atoms with Crippen LogP contribution in [0.25, 0.3) is 0 Å². The van der Waals surface area contributed by atoms with Crippen LogP contribution in [0.15, 0.2) is 30.3 Å². The van der Waals surface area contributed by atoms with E-state index in [1.54, 1.807) is 0 Å². The SMILES string of the molecule is c1ccc([Se]C[C@@H]2CCC[C@@]34CCC[C@@H]3CON24)cc1. The quantitative estimate of drug-likeness (QED) is 0.787. The molecular weight excluding hydrogens is 313 g/mol. The Kier molecular flexibility index (Phi) is 3.64. The zero-order valence-electron chi connectivity index (χ0n) is 12.0. The van der Waals surface area contributed by atoms with Gasteiger partial charge < -0.3 is 0 Å². The van der Waals surface area contributed by atoms with Crippen molar-refractivity contribution in [1.29, 1.82) is 0 Å². The summed E-state index contributed by atoms with van der Waals surface area (Å²) in [4.78, 5) is 6.16. The van der Waals surface area contributed by atoms with Gasteiger partial charge in [0.25, 0.3) is 0 Å². The molecule has 1 spiro atoms. The first-order valence-corrected chi connectivity index (χ1v) is 10.1. The second kappa shape index (κ2) is 5.46. The Morgan fingerprint density at radius 2 is 1.95 bits per heavy atom. The van der Waals surface area contributed by atoms with Crippen LogP contribution in [0.2, 0.25) is 5.32 Å². The Labute approximate surface area is 128 Å². The molecule has 0 N–H and O–H groups in total. The van der Waals surface area contributed by atoms with Gasteiger partial charge in [-0.15, -0.1) is 0 Å². The van der Waals surface area contributed by atoms with Crippen LogP contribution in [-0.2, 0) is 4.84 Å². The molecule has 0 amide bonds. The van der Waals surface area contributed by atoms with Crippen LogP contribution in [0.3, 0.4) is 0 Å². The maximum atomic E-state index is 6.16. The molecule has 1 aromatic carbocycles. The molecule has 0 radical (unpaired) electrons. The van der Waals surface area contributed by atoms with Gasteiger partial charge in [-0.05, 0) is 0 Å². The summed E-state index contributed by atoms with van der Waals surface area (Å²) in [6.07, 6.45) is 8.32. The van der Waals surface area contributed by atoms with Crippen molar-refractivity contribution in [3.05, 3.63) is 30.3 Å². The molecule has 1 aliphatic carbocycles. The molecule has 1 aromatic rings. The van der Waals surface area contributed by atoms with E-state index in [0.29, 0.717) is 26.5 Å². The third-order valence-corrected chi connectivity index (χ3v) is 7.87. The predicted octanol–water partition coefficient (Wildman–Crippen LogP) is 2.77. The number of hydrogen-bond donors (Lipinski definition) is 0. The molecular formula is C17H23NOSe. The molecule has 3 heteroatoms. The number of hydroxylamine groups is 2. The normalized spacial score (nSPS) is 36.8. The number of rotatable bonds is 3. The fourth-order valence-corrected chi connectivity index (χ4v) is 6.66. The summed E-state index contributed by atoms with van der Waals surface area (Å²) >= 11 is 0.588. The monoisotopic (exact) mass is 337 g/mol. The molecule has 0 aromatic heterocycles. The summed E-state index contributed by atoms with van der Waals surface area (Å²) in [6, 6.07) is 11.7. The van der Waals surface area contributed by atoms with E-state index in [1.165, 1.54) is 48.3 Å². The van der Waals surface area contributed by atoms with Gasteiger partial charge >= 0.3 is 128 Å². The summed E-state index contributed by atoms with van der Waals surface area (Å²) in [5, 5.41) is 3.80. The van der Waals surface area contributed by atoms with Crippen LogP contribution in [0, 0.1) is 5.92 Å². The molecule has 3 fully saturated rings. The van der Waals surface area contributed by atoms with Gasteiger partial charge in [-0.3, -0.25) is 0 Å². The Balaban J connectivity index is 1.46.